The number of hydrogen-bond donors (Lipinski definition) is 2. The first kappa shape index (κ1) is 24.6. The first-order valence-electron chi connectivity index (χ1n) is 12.8. The lowest BCUT2D eigenvalue weighted by Crippen LogP contribution is -2.44. The number of nitrogens with one attached hydrogen (secondary N) is 1. The second-order valence-electron chi connectivity index (χ2n) is 10.5. The summed E-state index contributed by atoms with van der Waals surface area (Å²) in [6.45, 7) is 4.54. The highest BCUT2D eigenvalue weighted by Gasteiger charge is 2.55. The fourth-order valence-electron chi connectivity index (χ4n) is 6.10. The Labute approximate surface area is 210 Å². The van der Waals surface area contributed by atoms with Crippen LogP contribution in [0.1, 0.15) is 73.5 Å². The summed E-state index contributed by atoms with van der Waals surface area (Å²) in [5.41, 5.74) is 3.61. The molecule has 0 aromatic heterocycles. The number of allylic oxidation sites excluding steroid dienone is 1. The molecule has 1 fully saturated rings. The van der Waals surface area contributed by atoms with Crippen LogP contribution in [0, 0.1) is 17.0 Å². The fraction of sp³-hybridized carbons (Fsp3) is 0.400. The van der Waals surface area contributed by atoms with Gasteiger partial charge in [-0.1, -0.05) is 49.8 Å². The maximum atomic E-state index is 14.6. The van der Waals surface area contributed by atoms with Gasteiger partial charge in [-0.15, -0.1) is 0 Å². The Bertz CT molecular complexity index is 1280. The molecule has 2 N–H and O–H groups in total. The van der Waals surface area contributed by atoms with Crippen LogP contribution in [-0.2, 0) is 6.42 Å². The van der Waals surface area contributed by atoms with Crippen molar-refractivity contribution in [1.82, 2.24) is 5.32 Å². The zero-order chi connectivity index (χ0) is 25.5. The Morgan fingerprint density at radius 2 is 1.97 bits per heavy atom. The van der Waals surface area contributed by atoms with E-state index in [9.17, 15) is 18.7 Å². The number of fused-ring (bicyclic) bond motifs is 1. The van der Waals surface area contributed by atoms with Gasteiger partial charge in [0.1, 0.15) is 17.7 Å². The number of carbonyl (C=O) groups excluding carboxylic acids is 1. The predicted molar refractivity (Wildman–Crippen MR) is 137 cm³/mol. The van der Waals surface area contributed by atoms with Crippen molar-refractivity contribution in [2.75, 3.05) is 6.54 Å². The van der Waals surface area contributed by atoms with Crippen LogP contribution >= 0.6 is 0 Å². The molecule has 1 amide bonds. The number of aliphatic hydroxyl groups is 1. The number of amides is 1. The van der Waals surface area contributed by atoms with E-state index in [2.05, 4.69) is 18.3 Å². The molecular formula is C30H32F2N2O2. The Morgan fingerprint density at radius 1 is 1.19 bits per heavy atom. The van der Waals surface area contributed by atoms with Gasteiger partial charge in [0, 0.05) is 18.2 Å². The molecule has 0 spiro atoms. The van der Waals surface area contributed by atoms with Crippen molar-refractivity contribution < 1.29 is 18.7 Å². The molecule has 36 heavy (non-hydrogen) atoms. The third kappa shape index (κ3) is 4.11. The summed E-state index contributed by atoms with van der Waals surface area (Å²) in [5.74, 6) is -1.21. The predicted octanol–water partition coefficient (Wildman–Crippen LogP) is 6.02. The SMILES string of the molecule is CCCNC(=O)c1c(F)cccc1CC[C@]1(O)CCC2=CC3=C(C=NC3c3ccc(F)cc3)CC21C. The fourth-order valence-corrected chi connectivity index (χ4v) is 6.10. The second-order valence-corrected chi connectivity index (χ2v) is 10.5. The molecule has 0 saturated heterocycles. The Kier molecular flexibility index (Phi) is 6.41. The van der Waals surface area contributed by atoms with Crippen LogP contribution in [0.4, 0.5) is 8.78 Å². The number of aliphatic imine (C=N–C) groups is 1. The standard InChI is InChI=1S/C30H32F2N2O2/c1-3-15-33-28(35)26-19(5-4-6-25(26)32)11-13-30(36)14-12-22-16-24-21(17-29(22,30)2)18-34-27(24)20-7-9-23(31)10-8-20/h4-10,16,18,27,36H,3,11-15,17H2,1-2H3,(H,33,35)/t27?,29?,30-/m0/s1. The van der Waals surface area contributed by atoms with Crippen molar-refractivity contribution in [3.63, 3.8) is 0 Å². The summed E-state index contributed by atoms with van der Waals surface area (Å²) in [5, 5.41) is 14.7. The van der Waals surface area contributed by atoms with E-state index in [-0.39, 0.29) is 17.4 Å². The zero-order valence-corrected chi connectivity index (χ0v) is 20.8. The van der Waals surface area contributed by atoms with Crippen LogP contribution in [-0.4, -0.2) is 29.4 Å². The van der Waals surface area contributed by atoms with Crippen LogP contribution in [0.25, 0.3) is 0 Å². The number of aryl methyl sites for hydroxylation is 1. The first-order chi connectivity index (χ1) is 17.3. The Morgan fingerprint density at radius 3 is 2.72 bits per heavy atom. The summed E-state index contributed by atoms with van der Waals surface area (Å²) < 4.78 is 28.1. The summed E-state index contributed by atoms with van der Waals surface area (Å²) in [4.78, 5) is 17.4. The molecule has 3 aliphatic rings. The highest BCUT2D eigenvalue weighted by atomic mass is 19.1. The molecule has 1 saturated carbocycles. The molecule has 3 atom stereocenters. The summed E-state index contributed by atoms with van der Waals surface area (Å²) >= 11 is 0. The summed E-state index contributed by atoms with van der Waals surface area (Å²) in [6.07, 6.45) is 7.73. The number of carbonyl (C=O) groups is 1. The Balaban J connectivity index is 1.37. The van der Waals surface area contributed by atoms with Gasteiger partial charge in [-0.2, -0.15) is 0 Å². The zero-order valence-electron chi connectivity index (χ0n) is 20.8. The smallest absolute Gasteiger partial charge is 0.254 e. The van der Waals surface area contributed by atoms with Crippen LogP contribution in [0.5, 0.6) is 0 Å². The molecule has 1 aliphatic heterocycles. The maximum absolute atomic E-state index is 14.6. The van der Waals surface area contributed by atoms with Crippen LogP contribution in [0.3, 0.4) is 0 Å². The van der Waals surface area contributed by atoms with Gasteiger partial charge >= 0.3 is 0 Å². The third-order valence-electron chi connectivity index (χ3n) is 8.32. The highest BCUT2D eigenvalue weighted by molar-refractivity contribution is 5.96. The van der Waals surface area contributed by atoms with Gasteiger partial charge < -0.3 is 10.4 Å². The molecule has 2 aromatic carbocycles. The van der Waals surface area contributed by atoms with Crippen molar-refractivity contribution in [3.8, 4) is 0 Å². The number of halogens is 2. The molecule has 2 aromatic rings. The molecule has 188 valence electrons. The molecule has 2 unspecified atom stereocenters. The van der Waals surface area contributed by atoms with Crippen LogP contribution < -0.4 is 5.32 Å². The largest absolute Gasteiger partial charge is 0.389 e. The summed E-state index contributed by atoms with van der Waals surface area (Å²) in [7, 11) is 0. The molecule has 1 heterocycles. The number of rotatable bonds is 7. The van der Waals surface area contributed by atoms with Crippen LogP contribution in [0.15, 0.2) is 70.3 Å². The average Bonchev–Trinajstić information content (AvgIpc) is 3.38. The van der Waals surface area contributed by atoms with Crippen molar-refractivity contribution >= 4 is 12.1 Å². The molecule has 2 aliphatic carbocycles. The lowest BCUT2D eigenvalue weighted by Gasteiger charge is -2.43. The van der Waals surface area contributed by atoms with E-state index >= 15 is 0 Å². The van der Waals surface area contributed by atoms with Crippen molar-refractivity contribution in [3.05, 3.63) is 93.6 Å². The molecular weight excluding hydrogens is 458 g/mol. The van der Waals surface area contributed by atoms with E-state index in [0.29, 0.717) is 37.8 Å². The number of benzene rings is 2. The number of nitrogens with zero attached hydrogens (tertiary/aromatic N) is 1. The topological polar surface area (TPSA) is 61.7 Å². The van der Waals surface area contributed by atoms with E-state index < -0.39 is 22.7 Å². The van der Waals surface area contributed by atoms with Gasteiger partial charge in [0.2, 0.25) is 0 Å². The summed E-state index contributed by atoms with van der Waals surface area (Å²) in [6, 6.07) is 11.0. The van der Waals surface area contributed by atoms with Gasteiger partial charge in [0.05, 0.1) is 11.2 Å². The van der Waals surface area contributed by atoms with Gasteiger partial charge in [-0.3, -0.25) is 9.79 Å². The van der Waals surface area contributed by atoms with E-state index in [0.717, 1.165) is 29.6 Å². The highest BCUT2D eigenvalue weighted by Crippen LogP contribution is 2.59. The maximum Gasteiger partial charge on any atom is 0.254 e. The van der Waals surface area contributed by atoms with Gasteiger partial charge in [-0.05, 0) is 79.0 Å². The minimum atomic E-state index is -0.983. The molecule has 6 heteroatoms. The van der Waals surface area contributed by atoms with Gasteiger partial charge in [-0.25, -0.2) is 8.78 Å². The van der Waals surface area contributed by atoms with E-state index in [1.54, 1.807) is 24.3 Å². The third-order valence-corrected chi connectivity index (χ3v) is 8.32. The van der Waals surface area contributed by atoms with Crippen LogP contribution in [0.2, 0.25) is 0 Å². The molecule has 0 bridgehead atoms. The lowest BCUT2D eigenvalue weighted by molar-refractivity contribution is -0.0459. The van der Waals surface area contributed by atoms with Crippen molar-refractivity contribution in [1.29, 1.82) is 0 Å². The monoisotopic (exact) mass is 490 g/mol. The number of hydrogen-bond acceptors (Lipinski definition) is 3. The molecule has 0 radical (unpaired) electrons. The van der Waals surface area contributed by atoms with Crippen molar-refractivity contribution in [2.24, 2.45) is 10.4 Å². The normalized spacial score (nSPS) is 26.6. The van der Waals surface area contributed by atoms with E-state index in [1.165, 1.54) is 23.8 Å². The minimum Gasteiger partial charge on any atom is -0.389 e. The minimum absolute atomic E-state index is 0.0761. The lowest BCUT2D eigenvalue weighted by atomic mass is 9.64. The van der Waals surface area contributed by atoms with E-state index in [4.69, 9.17) is 4.99 Å². The quantitative estimate of drug-likeness (QED) is 0.499. The molecule has 5 rings (SSSR count). The molecule has 4 nitrogen and oxygen atoms in total. The Hall–Kier alpha value is -3.12. The van der Waals surface area contributed by atoms with Crippen molar-refractivity contribution in [2.45, 2.75) is 64.0 Å². The second kappa shape index (κ2) is 9.40. The van der Waals surface area contributed by atoms with E-state index in [1.807, 2.05) is 13.1 Å². The van der Waals surface area contributed by atoms with Gasteiger partial charge in [0.25, 0.3) is 5.91 Å². The first-order valence-corrected chi connectivity index (χ1v) is 12.8. The van der Waals surface area contributed by atoms with Gasteiger partial charge in [0.15, 0.2) is 0 Å². The average molecular weight is 491 g/mol.